The van der Waals surface area contributed by atoms with Gasteiger partial charge in [-0.2, -0.15) is 5.10 Å². The van der Waals surface area contributed by atoms with Crippen molar-refractivity contribution in [2.45, 2.75) is 46.3 Å². The SMILES string of the molecule is CCn1nc(-c2ncc(C)o2)c2c1CCN(C(=O)CCn1c(=O)oc3ccccc31)C2. The molecular formula is C22H23N5O4. The van der Waals surface area contributed by atoms with Crippen LogP contribution in [0.4, 0.5) is 0 Å². The second-order valence-electron chi connectivity index (χ2n) is 7.67. The zero-order chi connectivity index (χ0) is 21.5. The maximum Gasteiger partial charge on any atom is 0.419 e. The molecule has 1 aliphatic rings. The smallest absolute Gasteiger partial charge is 0.419 e. The number of hydrogen-bond donors (Lipinski definition) is 0. The minimum absolute atomic E-state index is 0.0124. The van der Waals surface area contributed by atoms with E-state index in [1.807, 2.05) is 41.6 Å². The van der Waals surface area contributed by atoms with Crippen molar-refractivity contribution in [2.75, 3.05) is 6.54 Å². The monoisotopic (exact) mass is 421 g/mol. The summed E-state index contributed by atoms with van der Waals surface area (Å²) in [5.74, 6) is 0.741. The van der Waals surface area contributed by atoms with Gasteiger partial charge in [0, 0.05) is 50.3 Å². The van der Waals surface area contributed by atoms with Crippen LogP contribution in [0, 0.1) is 6.92 Å². The van der Waals surface area contributed by atoms with E-state index in [0.717, 1.165) is 30.0 Å². The maximum atomic E-state index is 13.0. The summed E-state index contributed by atoms with van der Waals surface area (Å²) in [6.07, 6.45) is 2.61. The van der Waals surface area contributed by atoms with Gasteiger partial charge in [0.1, 0.15) is 5.76 Å². The molecule has 1 amide bonds. The van der Waals surface area contributed by atoms with Crippen molar-refractivity contribution in [2.24, 2.45) is 0 Å². The number of aryl methyl sites for hydroxylation is 3. The first-order chi connectivity index (χ1) is 15.0. The largest absolute Gasteiger partial charge is 0.440 e. The standard InChI is InChI=1S/C22H23N5O4/c1-3-27-16-8-10-25(13-15(16)20(24-27)21-23-12-14(2)30-21)19(28)9-11-26-17-6-4-5-7-18(17)31-22(26)29/h4-7,12H,3,8-11,13H2,1-2H3. The Bertz CT molecular complexity index is 1330. The fourth-order valence-corrected chi connectivity index (χ4v) is 4.19. The molecule has 0 atom stereocenters. The highest BCUT2D eigenvalue weighted by Gasteiger charge is 2.29. The highest BCUT2D eigenvalue weighted by Crippen LogP contribution is 2.30. The highest BCUT2D eigenvalue weighted by atomic mass is 16.4. The summed E-state index contributed by atoms with van der Waals surface area (Å²) in [6.45, 7) is 5.97. The van der Waals surface area contributed by atoms with Crippen molar-refractivity contribution in [3.63, 3.8) is 0 Å². The van der Waals surface area contributed by atoms with Gasteiger partial charge < -0.3 is 13.7 Å². The van der Waals surface area contributed by atoms with E-state index < -0.39 is 5.76 Å². The molecule has 4 aromatic rings. The Morgan fingerprint density at radius 3 is 2.84 bits per heavy atom. The van der Waals surface area contributed by atoms with Gasteiger partial charge in [-0.1, -0.05) is 12.1 Å². The Morgan fingerprint density at radius 1 is 1.23 bits per heavy atom. The van der Waals surface area contributed by atoms with Gasteiger partial charge >= 0.3 is 5.76 Å². The molecule has 9 nitrogen and oxygen atoms in total. The highest BCUT2D eigenvalue weighted by molar-refractivity contribution is 5.77. The molecular weight excluding hydrogens is 398 g/mol. The molecule has 1 aromatic carbocycles. The number of hydrogen-bond acceptors (Lipinski definition) is 6. The van der Waals surface area contributed by atoms with Gasteiger partial charge in [-0.25, -0.2) is 9.78 Å². The van der Waals surface area contributed by atoms with Gasteiger partial charge in [0.05, 0.1) is 11.7 Å². The molecule has 0 spiro atoms. The summed E-state index contributed by atoms with van der Waals surface area (Å²) in [4.78, 5) is 31.3. The molecule has 5 rings (SSSR count). The number of fused-ring (bicyclic) bond motifs is 2. The van der Waals surface area contributed by atoms with E-state index in [0.29, 0.717) is 35.8 Å². The summed E-state index contributed by atoms with van der Waals surface area (Å²) in [6, 6.07) is 7.23. The minimum atomic E-state index is -0.444. The third-order valence-electron chi connectivity index (χ3n) is 5.73. The number of para-hydroxylation sites is 2. The van der Waals surface area contributed by atoms with Gasteiger partial charge in [-0.3, -0.25) is 14.0 Å². The number of carbonyl (C=O) groups excluding carboxylic acids is 1. The zero-order valence-electron chi connectivity index (χ0n) is 17.5. The summed E-state index contributed by atoms with van der Waals surface area (Å²) in [5.41, 5.74) is 4.02. The molecule has 0 N–H and O–H groups in total. The number of oxazole rings is 2. The van der Waals surface area contributed by atoms with Crippen LogP contribution in [-0.2, 0) is 30.8 Å². The lowest BCUT2D eigenvalue weighted by molar-refractivity contribution is -0.132. The lowest BCUT2D eigenvalue weighted by Crippen LogP contribution is -2.37. The first-order valence-corrected chi connectivity index (χ1v) is 10.4. The Morgan fingerprint density at radius 2 is 2.06 bits per heavy atom. The molecule has 0 bridgehead atoms. The molecule has 0 unspecified atom stereocenters. The zero-order valence-corrected chi connectivity index (χ0v) is 17.5. The topological polar surface area (TPSA) is 99.3 Å². The van der Waals surface area contributed by atoms with Gasteiger partial charge in [0.15, 0.2) is 11.3 Å². The predicted octanol–water partition coefficient (Wildman–Crippen LogP) is 2.75. The van der Waals surface area contributed by atoms with Crippen LogP contribution < -0.4 is 5.76 Å². The normalized spacial score (nSPS) is 13.7. The first kappa shape index (κ1) is 19.3. The Hall–Kier alpha value is -3.62. The van der Waals surface area contributed by atoms with E-state index in [-0.39, 0.29) is 18.9 Å². The van der Waals surface area contributed by atoms with Gasteiger partial charge in [0.2, 0.25) is 11.8 Å². The second-order valence-corrected chi connectivity index (χ2v) is 7.67. The molecule has 0 aliphatic carbocycles. The van der Waals surface area contributed by atoms with E-state index in [1.165, 1.54) is 4.57 Å². The quantitative estimate of drug-likeness (QED) is 0.491. The average Bonchev–Trinajstić information content (AvgIpc) is 3.45. The number of carbonyl (C=O) groups is 1. The van der Waals surface area contributed by atoms with E-state index in [9.17, 15) is 9.59 Å². The van der Waals surface area contributed by atoms with Crippen molar-refractivity contribution in [3.8, 4) is 11.6 Å². The summed E-state index contributed by atoms with van der Waals surface area (Å²) in [7, 11) is 0. The van der Waals surface area contributed by atoms with Crippen LogP contribution >= 0.6 is 0 Å². The van der Waals surface area contributed by atoms with Crippen LogP contribution in [0.1, 0.15) is 30.4 Å². The van der Waals surface area contributed by atoms with E-state index in [2.05, 4.69) is 10.1 Å². The summed E-state index contributed by atoms with van der Waals surface area (Å²) in [5, 5.41) is 4.68. The van der Waals surface area contributed by atoms with E-state index in [4.69, 9.17) is 8.83 Å². The molecule has 0 radical (unpaired) electrons. The number of benzene rings is 1. The number of amides is 1. The molecule has 0 fully saturated rings. The molecule has 0 saturated heterocycles. The van der Waals surface area contributed by atoms with Crippen molar-refractivity contribution >= 4 is 17.0 Å². The van der Waals surface area contributed by atoms with E-state index in [1.54, 1.807) is 12.3 Å². The first-order valence-electron chi connectivity index (χ1n) is 10.4. The Labute approximate surface area is 177 Å². The van der Waals surface area contributed by atoms with Gasteiger partial charge in [0.25, 0.3) is 0 Å². The van der Waals surface area contributed by atoms with Crippen molar-refractivity contribution in [3.05, 3.63) is 58.0 Å². The van der Waals surface area contributed by atoms with E-state index >= 15 is 0 Å². The van der Waals surface area contributed by atoms with Crippen molar-refractivity contribution in [1.29, 1.82) is 0 Å². The predicted molar refractivity (Wildman–Crippen MR) is 112 cm³/mol. The Balaban J connectivity index is 1.36. The van der Waals surface area contributed by atoms with Crippen LogP contribution in [-0.4, -0.2) is 36.7 Å². The average molecular weight is 421 g/mol. The molecule has 4 heterocycles. The molecule has 3 aromatic heterocycles. The fourth-order valence-electron chi connectivity index (χ4n) is 4.19. The van der Waals surface area contributed by atoms with Crippen LogP contribution in [0.15, 0.2) is 44.1 Å². The van der Waals surface area contributed by atoms with Gasteiger partial charge in [-0.05, 0) is 26.0 Å². The second kappa shape index (κ2) is 7.57. The summed E-state index contributed by atoms with van der Waals surface area (Å²) >= 11 is 0. The van der Waals surface area contributed by atoms with Crippen LogP contribution in [0.2, 0.25) is 0 Å². The lowest BCUT2D eigenvalue weighted by atomic mass is 10.0. The third kappa shape index (κ3) is 3.35. The van der Waals surface area contributed by atoms with Crippen LogP contribution in [0.5, 0.6) is 0 Å². The van der Waals surface area contributed by atoms with Crippen LogP contribution in [0.3, 0.4) is 0 Å². The lowest BCUT2D eigenvalue weighted by Gasteiger charge is -2.28. The minimum Gasteiger partial charge on any atom is -0.440 e. The molecule has 160 valence electrons. The number of aromatic nitrogens is 4. The van der Waals surface area contributed by atoms with Crippen molar-refractivity contribution in [1.82, 2.24) is 24.2 Å². The third-order valence-corrected chi connectivity index (χ3v) is 5.73. The molecule has 0 saturated carbocycles. The van der Waals surface area contributed by atoms with Crippen molar-refractivity contribution < 1.29 is 13.6 Å². The maximum absolute atomic E-state index is 13.0. The van der Waals surface area contributed by atoms with Gasteiger partial charge in [-0.15, -0.1) is 0 Å². The number of rotatable bonds is 5. The molecule has 31 heavy (non-hydrogen) atoms. The molecule has 1 aliphatic heterocycles. The number of nitrogens with zero attached hydrogens (tertiary/aromatic N) is 5. The fraction of sp³-hybridized carbons (Fsp3) is 0.364. The summed E-state index contributed by atoms with van der Waals surface area (Å²) < 4.78 is 14.4. The van der Waals surface area contributed by atoms with Crippen LogP contribution in [0.25, 0.3) is 22.7 Å². The Kier molecular flexibility index (Phi) is 4.72. The molecule has 9 heteroatoms.